The lowest BCUT2D eigenvalue weighted by Crippen LogP contribution is -2.32. The number of hydrogen-bond acceptors (Lipinski definition) is 4. The number of nitrogens with zero attached hydrogens (tertiary/aromatic N) is 2. The van der Waals surface area contributed by atoms with Gasteiger partial charge in [0, 0.05) is 41.0 Å². The Hall–Kier alpha value is -0.520. The third-order valence-electron chi connectivity index (χ3n) is 2.99. The van der Waals surface area contributed by atoms with Crippen LogP contribution in [0.2, 0.25) is 0 Å². The van der Waals surface area contributed by atoms with Gasteiger partial charge >= 0.3 is 0 Å². The molecule has 3 rings (SSSR count). The quantitative estimate of drug-likeness (QED) is 0.852. The fourth-order valence-electron chi connectivity index (χ4n) is 2.05. The van der Waals surface area contributed by atoms with Gasteiger partial charge in [0.15, 0.2) is 5.58 Å². The summed E-state index contributed by atoms with van der Waals surface area (Å²) in [5.74, 6) is 2.45. The molecule has 1 aromatic heterocycles. The van der Waals surface area contributed by atoms with Gasteiger partial charge in [-0.1, -0.05) is 21.1 Å². The summed E-state index contributed by atoms with van der Waals surface area (Å²) in [6.07, 6.45) is 0. The van der Waals surface area contributed by atoms with Gasteiger partial charge < -0.3 is 4.52 Å². The van der Waals surface area contributed by atoms with Crippen LogP contribution in [0.1, 0.15) is 5.69 Å². The Kier molecular flexibility index (Phi) is 3.40. The highest BCUT2D eigenvalue weighted by molar-refractivity contribution is 9.10. The van der Waals surface area contributed by atoms with Crippen LogP contribution in [0.5, 0.6) is 0 Å². The Morgan fingerprint density at radius 1 is 1.35 bits per heavy atom. The van der Waals surface area contributed by atoms with E-state index in [1.807, 2.05) is 23.9 Å². The van der Waals surface area contributed by atoms with Crippen molar-refractivity contribution < 1.29 is 4.52 Å². The van der Waals surface area contributed by atoms with Gasteiger partial charge in [-0.15, -0.1) is 0 Å². The number of aromatic nitrogens is 1. The molecule has 0 unspecified atom stereocenters. The van der Waals surface area contributed by atoms with Crippen LogP contribution in [0.4, 0.5) is 0 Å². The van der Waals surface area contributed by atoms with E-state index in [2.05, 4.69) is 32.1 Å². The molecular formula is C12H13BrN2OS. The molecule has 1 aliphatic heterocycles. The Morgan fingerprint density at radius 2 is 2.18 bits per heavy atom. The second-order valence-electron chi connectivity index (χ2n) is 4.16. The van der Waals surface area contributed by atoms with Gasteiger partial charge in [0.05, 0.1) is 0 Å². The van der Waals surface area contributed by atoms with Crippen molar-refractivity contribution in [2.45, 2.75) is 6.54 Å². The van der Waals surface area contributed by atoms with E-state index in [9.17, 15) is 0 Å². The molecule has 3 nitrogen and oxygen atoms in total. The Labute approximate surface area is 113 Å². The lowest BCUT2D eigenvalue weighted by Gasteiger charge is -2.24. The van der Waals surface area contributed by atoms with Crippen molar-refractivity contribution in [3.05, 3.63) is 28.4 Å². The fraction of sp³-hybridized carbons (Fsp3) is 0.417. The van der Waals surface area contributed by atoms with E-state index in [1.54, 1.807) is 0 Å². The average molecular weight is 313 g/mol. The molecule has 0 radical (unpaired) electrons. The molecule has 90 valence electrons. The number of hydrogen-bond donors (Lipinski definition) is 0. The van der Waals surface area contributed by atoms with E-state index >= 15 is 0 Å². The molecule has 2 aromatic rings. The Balaban J connectivity index is 1.84. The minimum absolute atomic E-state index is 0.862. The minimum atomic E-state index is 0.862. The molecule has 5 heteroatoms. The first-order valence-corrected chi connectivity index (χ1v) is 7.61. The summed E-state index contributed by atoms with van der Waals surface area (Å²) in [6, 6.07) is 6.08. The maximum atomic E-state index is 5.36. The number of thioether (sulfide) groups is 1. The third kappa shape index (κ3) is 2.51. The van der Waals surface area contributed by atoms with Crippen molar-refractivity contribution in [2.75, 3.05) is 24.6 Å². The molecule has 1 fully saturated rings. The van der Waals surface area contributed by atoms with E-state index in [1.165, 1.54) is 11.5 Å². The predicted molar refractivity (Wildman–Crippen MR) is 74.3 cm³/mol. The van der Waals surface area contributed by atoms with Crippen molar-refractivity contribution >= 4 is 38.7 Å². The Bertz CT molecular complexity index is 522. The van der Waals surface area contributed by atoms with Crippen LogP contribution in [0.25, 0.3) is 11.0 Å². The number of rotatable bonds is 2. The smallest absolute Gasteiger partial charge is 0.168 e. The highest BCUT2D eigenvalue weighted by Gasteiger charge is 2.15. The summed E-state index contributed by atoms with van der Waals surface area (Å²) in [5.41, 5.74) is 1.92. The fourth-order valence-corrected chi connectivity index (χ4v) is 3.37. The van der Waals surface area contributed by atoms with E-state index in [0.29, 0.717) is 0 Å². The van der Waals surface area contributed by atoms with Crippen molar-refractivity contribution in [1.29, 1.82) is 0 Å². The van der Waals surface area contributed by atoms with Gasteiger partial charge in [-0.05, 0) is 18.2 Å². The molecule has 0 bridgehead atoms. The maximum absolute atomic E-state index is 5.36. The topological polar surface area (TPSA) is 29.3 Å². The van der Waals surface area contributed by atoms with Crippen LogP contribution in [0.3, 0.4) is 0 Å². The van der Waals surface area contributed by atoms with Crippen LogP contribution in [0.15, 0.2) is 27.2 Å². The van der Waals surface area contributed by atoms with Crippen molar-refractivity contribution in [3.63, 3.8) is 0 Å². The van der Waals surface area contributed by atoms with Crippen LogP contribution in [-0.4, -0.2) is 34.7 Å². The molecule has 0 N–H and O–H groups in total. The standard InChI is InChI=1S/C12H13BrN2OS/c13-9-1-2-10-11(14-16-12(10)7-9)8-15-3-5-17-6-4-15/h1-2,7H,3-6,8H2. The highest BCUT2D eigenvalue weighted by atomic mass is 79.9. The van der Waals surface area contributed by atoms with Gasteiger partial charge in [0.25, 0.3) is 0 Å². The molecule has 0 saturated carbocycles. The molecule has 0 spiro atoms. The molecule has 1 aromatic carbocycles. The van der Waals surface area contributed by atoms with Crippen molar-refractivity contribution in [1.82, 2.24) is 10.1 Å². The second-order valence-corrected chi connectivity index (χ2v) is 6.30. The highest BCUT2D eigenvalue weighted by Crippen LogP contribution is 2.24. The normalized spacial score (nSPS) is 17.7. The zero-order valence-electron chi connectivity index (χ0n) is 9.36. The first kappa shape index (κ1) is 11.6. The minimum Gasteiger partial charge on any atom is -0.356 e. The summed E-state index contributed by atoms with van der Waals surface area (Å²) in [5, 5.41) is 5.32. The first-order chi connectivity index (χ1) is 8.33. The average Bonchev–Trinajstić information content (AvgIpc) is 2.73. The lowest BCUT2D eigenvalue weighted by molar-refractivity contribution is 0.284. The van der Waals surface area contributed by atoms with Crippen LogP contribution in [-0.2, 0) is 6.54 Å². The van der Waals surface area contributed by atoms with Gasteiger partial charge in [-0.25, -0.2) is 0 Å². The predicted octanol–water partition coefficient (Wildman–Crippen LogP) is 3.14. The number of benzene rings is 1. The molecular weight excluding hydrogens is 300 g/mol. The molecule has 1 aliphatic rings. The SMILES string of the molecule is Brc1ccc2c(CN3CCSCC3)noc2c1. The van der Waals surface area contributed by atoms with Gasteiger partial charge in [-0.2, -0.15) is 11.8 Å². The first-order valence-electron chi connectivity index (χ1n) is 5.67. The zero-order valence-corrected chi connectivity index (χ0v) is 11.8. The molecule has 17 heavy (non-hydrogen) atoms. The summed E-state index contributed by atoms with van der Waals surface area (Å²) in [7, 11) is 0. The summed E-state index contributed by atoms with van der Waals surface area (Å²) in [4.78, 5) is 2.44. The van der Waals surface area contributed by atoms with Gasteiger partial charge in [-0.3, -0.25) is 4.90 Å². The number of fused-ring (bicyclic) bond motifs is 1. The molecule has 0 amide bonds. The van der Waals surface area contributed by atoms with Gasteiger partial charge in [0.2, 0.25) is 0 Å². The van der Waals surface area contributed by atoms with Crippen molar-refractivity contribution in [3.8, 4) is 0 Å². The van der Waals surface area contributed by atoms with Crippen LogP contribution < -0.4 is 0 Å². The summed E-state index contributed by atoms with van der Waals surface area (Å²) >= 11 is 5.46. The van der Waals surface area contributed by atoms with Crippen LogP contribution in [0, 0.1) is 0 Å². The van der Waals surface area contributed by atoms with E-state index in [-0.39, 0.29) is 0 Å². The van der Waals surface area contributed by atoms with E-state index in [4.69, 9.17) is 4.52 Å². The van der Waals surface area contributed by atoms with Crippen LogP contribution >= 0.6 is 27.7 Å². The largest absolute Gasteiger partial charge is 0.356 e. The monoisotopic (exact) mass is 312 g/mol. The maximum Gasteiger partial charge on any atom is 0.168 e. The van der Waals surface area contributed by atoms with E-state index < -0.39 is 0 Å². The molecule has 1 saturated heterocycles. The van der Waals surface area contributed by atoms with Crippen molar-refractivity contribution in [2.24, 2.45) is 0 Å². The lowest BCUT2D eigenvalue weighted by atomic mass is 10.2. The Morgan fingerprint density at radius 3 is 3.00 bits per heavy atom. The van der Waals surface area contributed by atoms with Gasteiger partial charge in [0.1, 0.15) is 5.69 Å². The number of halogens is 1. The second kappa shape index (κ2) is 5.00. The molecule has 0 aliphatic carbocycles. The summed E-state index contributed by atoms with van der Waals surface area (Å²) < 4.78 is 6.39. The molecule has 2 heterocycles. The zero-order chi connectivity index (χ0) is 11.7. The third-order valence-corrected chi connectivity index (χ3v) is 4.42. The summed E-state index contributed by atoms with van der Waals surface area (Å²) in [6.45, 7) is 3.19. The molecule has 0 atom stereocenters. The van der Waals surface area contributed by atoms with E-state index in [0.717, 1.165) is 40.8 Å².